The van der Waals surface area contributed by atoms with Crippen molar-refractivity contribution in [1.29, 1.82) is 0 Å². The lowest BCUT2D eigenvalue weighted by molar-refractivity contribution is 0.481. The first kappa shape index (κ1) is 32.3. The second-order valence-electron chi connectivity index (χ2n) is 9.35. The van der Waals surface area contributed by atoms with E-state index in [-0.39, 0.29) is 31.7 Å². The number of hydrogen-bond acceptors (Lipinski definition) is 6. The normalized spacial score (nSPS) is 15.8. The van der Waals surface area contributed by atoms with E-state index in [2.05, 4.69) is 0 Å². The van der Waals surface area contributed by atoms with Crippen LogP contribution in [0.4, 0.5) is 0 Å². The standard InChI is InChI=1S/C27H33O9PS3/c1-4-25(19-7-13-22(14-8-19)38(28,29)30)37(26(5-2)20-9-15-23(16-10-20)39(31,32)33)27(6-3)21-11-17-24(18-12-21)40(34,35)36/h7-18,25-27H,4-6H2,1-3H3,(H,28,29,30)(H,31,32,33)(H,34,35,36). The molecule has 0 amide bonds. The average molecular weight is 629 g/mol. The summed E-state index contributed by atoms with van der Waals surface area (Å²) >= 11 is 0. The maximum absolute atomic E-state index is 11.6. The highest BCUT2D eigenvalue weighted by atomic mass is 32.2. The van der Waals surface area contributed by atoms with Crippen molar-refractivity contribution >= 4 is 38.3 Å². The summed E-state index contributed by atoms with van der Waals surface area (Å²) in [6, 6.07) is 18.3. The van der Waals surface area contributed by atoms with Crippen molar-refractivity contribution in [3.63, 3.8) is 0 Å². The summed E-state index contributed by atoms with van der Waals surface area (Å²) in [7, 11) is -14.1. The van der Waals surface area contributed by atoms with Crippen LogP contribution in [0, 0.1) is 0 Å². The fraction of sp³-hybridized carbons (Fsp3) is 0.333. The van der Waals surface area contributed by atoms with Gasteiger partial charge in [0.25, 0.3) is 30.4 Å². The fourth-order valence-electron chi connectivity index (χ4n) is 5.09. The van der Waals surface area contributed by atoms with Crippen molar-refractivity contribution in [3.8, 4) is 0 Å². The Bertz CT molecular complexity index is 1420. The molecule has 0 saturated carbocycles. The summed E-state index contributed by atoms with van der Waals surface area (Å²) in [6.07, 6.45) is 2.07. The molecule has 0 spiro atoms. The summed E-state index contributed by atoms with van der Waals surface area (Å²) in [5, 5.41) is 0. The van der Waals surface area contributed by atoms with Crippen LogP contribution in [0.15, 0.2) is 87.5 Å². The molecule has 3 aromatic rings. The molecule has 0 heterocycles. The lowest BCUT2D eigenvalue weighted by Gasteiger charge is -2.40. The van der Waals surface area contributed by atoms with Crippen LogP contribution in [-0.4, -0.2) is 38.9 Å². The molecule has 0 bridgehead atoms. The Hall–Kier alpha value is -2.18. The summed E-state index contributed by atoms with van der Waals surface area (Å²) in [5.41, 5.74) is 2.47. The van der Waals surface area contributed by atoms with Crippen molar-refractivity contribution in [1.82, 2.24) is 0 Å². The first-order chi connectivity index (χ1) is 18.6. The van der Waals surface area contributed by atoms with E-state index in [0.29, 0.717) is 19.3 Å². The Labute approximate surface area is 237 Å². The molecule has 9 nitrogen and oxygen atoms in total. The number of rotatable bonds is 12. The van der Waals surface area contributed by atoms with Gasteiger partial charge in [-0.25, -0.2) is 0 Å². The molecular formula is C27H33O9PS3. The second kappa shape index (κ2) is 12.8. The molecular weight excluding hydrogens is 595 g/mol. The van der Waals surface area contributed by atoms with Crippen LogP contribution in [0.1, 0.15) is 73.7 Å². The molecule has 0 aliphatic heterocycles. The maximum atomic E-state index is 11.6. The van der Waals surface area contributed by atoms with E-state index in [0.717, 1.165) is 16.7 Å². The zero-order chi connectivity index (χ0) is 29.9. The molecule has 0 aliphatic rings. The Balaban J connectivity index is 2.20. The summed E-state index contributed by atoms with van der Waals surface area (Å²) < 4.78 is 98.1. The lowest BCUT2D eigenvalue weighted by atomic mass is 10.1. The van der Waals surface area contributed by atoms with Gasteiger partial charge in [-0.15, -0.1) is 0 Å². The largest absolute Gasteiger partial charge is 0.294 e. The average Bonchev–Trinajstić information content (AvgIpc) is 2.89. The smallest absolute Gasteiger partial charge is 0.282 e. The van der Waals surface area contributed by atoms with Crippen molar-refractivity contribution in [2.45, 2.75) is 71.7 Å². The van der Waals surface area contributed by atoms with Crippen molar-refractivity contribution in [3.05, 3.63) is 89.5 Å². The van der Waals surface area contributed by atoms with Crippen molar-refractivity contribution in [2.75, 3.05) is 0 Å². The molecule has 3 aromatic carbocycles. The molecule has 3 N–H and O–H groups in total. The van der Waals surface area contributed by atoms with Gasteiger partial charge in [0, 0.05) is 17.0 Å². The minimum atomic E-state index is -4.37. The van der Waals surface area contributed by atoms with Crippen LogP contribution in [0.2, 0.25) is 0 Å². The van der Waals surface area contributed by atoms with E-state index >= 15 is 0 Å². The molecule has 3 unspecified atom stereocenters. The van der Waals surface area contributed by atoms with Crippen molar-refractivity contribution in [2.24, 2.45) is 0 Å². The Morgan fingerprint density at radius 1 is 0.475 bits per heavy atom. The summed E-state index contributed by atoms with van der Waals surface area (Å²) in [5.74, 6) is 0. The first-order valence-electron chi connectivity index (χ1n) is 12.6. The van der Waals surface area contributed by atoms with E-state index in [4.69, 9.17) is 0 Å². The molecule has 0 aliphatic carbocycles. The number of hydrogen-bond donors (Lipinski definition) is 3. The van der Waals surface area contributed by atoms with Crippen LogP contribution < -0.4 is 0 Å². The third kappa shape index (κ3) is 7.55. The van der Waals surface area contributed by atoms with Gasteiger partial charge >= 0.3 is 0 Å². The summed E-state index contributed by atoms with van der Waals surface area (Å²) in [6.45, 7) is 6.08. The predicted molar refractivity (Wildman–Crippen MR) is 155 cm³/mol. The van der Waals surface area contributed by atoms with Gasteiger partial charge in [0.1, 0.15) is 0 Å². The van der Waals surface area contributed by atoms with Gasteiger partial charge < -0.3 is 0 Å². The molecule has 0 aromatic heterocycles. The molecule has 0 saturated heterocycles. The quantitative estimate of drug-likeness (QED) is 0.147. The molecule has 3 atom stereocenters. The van der Waals surface area contributed by atoms with E-state index in [1.807, 2.05) is 20.8 Å². The monoisotopic (exact) mass is 628 g/mol. The first-order valence-corrected chi connectivity index (χ1v) is 18.5. The minimum Gasteiger partial charge on any atom is -0.282 e. The van der Waals surface area contributed by atoms with Gasteiger partial charge in [0.2, 0.25) is 0 Å². The highest BCUT2D eigenvalue weighted by Crippen LogP contribution is 2.72. The van der Waals surface area contributed by atoms with Gasteiger partial charge in [0.15, 0.2) is 0 Å². The summed E-state index contributed by atoms with van der Waals surface area (Å²) in [4.78, 5) is -0.636. The zero-order valence-electron chi connectivity index (χ0n) is 22.2. The van der Waals surface area contributed by atoms with E-state index in [1.54, 1.807) is 36.4 Å². The molecule has 0 radical (unpaired) electrons. The molecule has 0 fully saturated rings. The van der Waals surface area contributed by atoms with Crippen molar-refractivity contribution < 1.29 is 38.9 Å². The van der Waals surface area contributed by atoms with Gasteiger partial charge in [0.05, 0.1) is 14.7 Å². The number of benzene rings is 3. The zero-order valence-corrected chi connectivity index (χ0v) is 25.6. The molecule has 218 valence electrons. The highest BCUT2D eigenvalue weighted by molar-refractivity contribution is 7.86. The van der Waals surface area contributed by atoms with E-state index in [9.17, 15) is 38.9 Å². The predicted octanol–water partition coefficient (Wildman–Crippen LogP) is 6.66. The van der Waals surface area contributed by atoms with Crippen LogP contribution in [-0.2, 0) is 30.4 Å². The fourth-order valence-corrected chi connectivity index (χ4v) is 10.7. The molecule has 3 rings (SSSR count). The molecule has 13 heteroatoms. The van der Waals surface area contributed by atoms with Gasteiger partial charge in [-0.1, -0.05) is 65.1 Å². The van der Waals surface area contributed by atoms with E-state index in [1.165, 1.54) is 36.4 Å². The third-order valence-corrected chi connectivity index (χ3v) is 13.7. The van der Waals surface area contributed by atoms with E-state index < -0.39 is 38.3 Å². The van der Waals surface area contributed by atoms with Gasteiger partial charge in [-0.2, -0.15) is 25.3 Å². The third-order valence-electron chi connectivity index (χ3n) is 6.93. The minimum absolute atomic E-state index is 0.0529. The Kier molecular flexibility index (Phi) is 10.3. The van der Waals surface area contributed by atoms with Crippen LogP contribution in [0.3, 0.4) is 0 Å². The van der Waals surface area contributed by atoms with Gasteiger partial charge in [-0.3, -0.25) is 13.7 Å². The topological polar surface area (TPSA) is 163 Å². The highest BCUT2D eigenvalue weighted by Gasteiger charge is 2.36. The van der Waals surface area contributed by atoms with Crippen LogP contribution in [0.25, 0.3) is 0 Å². The van der Waals surface area contributed by atoms with Crippen LogP contribution >= 0.6 is 7.92 Å². The van der Waals surface area contributed by atoms with Crippen LogP contribution in [0.5, 0.6) is 0 Å². The lowest BCUT2D eigenvalue weighted by Crippen LogP contribution is -2.11. The maximum Gasteiger partial charge on any atom is 0.294 e. The Morgan fingerprint density at radius 2 is 0.675 bits per heavy atom. The SMILES string of the molecule is CCC(c1ccc(S(=O)(=O)O)cc1)P(C(CC)c1ccc(S(=O)(=O)O)cc1)C(CC)c1ccc(S(=O)(=O)O)cc1. The Morgan fingerprint density at radius 3 is 0.825 bits per heavy atom. The second-order valence-corrected chi connectivity index (χ2v) is 16.4. The molecule has 40 heavy (non-hydrogen) atoms. The van der Waals surface area contributed by atoms with Gasteiger partial charge in [-0.05, 0) is 72.4 Å².